The van der Waals surface area contributed by atoms with Gasteiger partial charge in [0.2, 0.25) is 0 Å². The SMILES string of the molecule is C[Si](C)(C)c1ccc(-n2c(-c3ccccc3)nc3c(-c4cccc5c4nc(-c4ccccc4O)n5-c4ccc([Si](C)(C)C)cc4-c4ccccc4)cccc32)c(-c2ccccc2)c1. The van der Waals surface area contributed by atoms with E-state index in [-0.39, 0.29) is 5.75 Å². The van der Waals surface area contributed by atoms with Crippen LogP contribution in [0.3, 0.4) is 0 Å². The number of nitrogens with zero attached hydrogens (tertiary/aromatic N) is 4. The lowest BCUT2D eigenvalue weighted by molar-refractivity contribution is 0.477. The first-order valence-electron chi connectivity index (χ1n) is 21.7. The second kappa shape index (κ2) is 15.7. The molecule has 10 aromatic rings. The molecular weight excluding hydrogens is 801 g/mol. The first-order valence-corrected chi connectivity index (χ1v) is 28.7. The van der Waals surface area contributed by atoms with Crippen LogP contribution >= 0.6 is 0 Å². The number of fused-ring (bicyclic) bond motifs is 2. The Morgan fingerprint density at radius 1 is 0.365 bits per heavy atom. The molecule has 0 bridgehead atoms. The van der Waals surface area contributed by atoms with Crippen molar-refractivity contribution in [2.45, 2.75) is 39.3 Å². The number of para-hydroxylation sites is 3. The molecule has 0 aliphatic heterocycles. The van der Waals surface area contributed by atoms with Gasteiger partial charge in [0.05, 0.1) is 55.2 Å². The summed E-state index contributed by atoms with van der Waals surface area (Å²) in [7, 11) is -3.34. The number of aromatic hydroxyl groups is 1. The van der Waals surface area contributed by atoms with E-state index >= 15 is 0 Å². The average molecular weight is 851 g/mol. The Labute approximate surface area is 371 Å². The molecule has 1 N–H and O–H groups in total. The molecule has 0 atom stereocenters. The normalized spacial score (nSPS) is 12.0. The number of phenols is 1. The monoisotopic (exact) mass is 850 g/mol. The second-order valence-electron chi connectivity index (χ2n) is 18.5. The Kier molecular flexibility index (Phi) is 9.97. The molecule has 0 amide bonds. The Balaban J connectivity index is 1.27. The van der Waals surface area contributed by atoms with Gasteiger partial charge in [0.25, 0.3) is 0 Å². The van der Waals surface area contributed by atoms with Crippen LogP contribution in [-0.2, 0) is 0 Å². The lowest BCUT2D eigenvalue weighted by atomic mass is 10.0. The summed E-state index contributed by atoms with van der Waals surface area (Å²) in [6.07, 6.45) is 0. The van der Waals surface area contributed by atoms with Gasteiger partial charge in [-0.25, -0.2) is 9.97 Å². The standard InChI is InChI=1S/C56H50N4OSi2/c1-62(2,3)41-32-34-48(46(36-41)38-20-10-7-11-21-38)59-50-29-18-27-43(53(50)57-55(59)40-24-14-9-15-25-40)44-28-19-30-51-54(44)58-56(45-26-16-17-31-52(45)61)60(51)49-35-33-42(63(4,5)6)37-47(49)39-22-12-8-13-23-39/h7-37,61H,1-6H3. The number of hydrogen-bond acceptors (Lipinski definition) is 3. The predicted molar refractivity (Wildman–Crippen MR) is 271 cm³/mol. The van der Waals surface area contributed by atoms with Gasteiger partial charge in [-0.15, -0.1) is 0 Å². The van der Waals surface area contributed by atoms with Crippen LogP contribution in [-0.4, -0.2) is 40.4 Å². The molecule has 63 heavy (non-hydrogen) atoms. The van der Waals surface area contributed by atoms with E-state index in [1.54, 1.807) is 6.07 Å². The van der Waals surface area contributed by atoms with Gasteiger partial charge in [-0.2, -0.15) is 0 Å². The summed E-state index contributed by atoms with van der Waals surface area (Å²) in [6.45, 7) is 14.4. The van der Waals surface area contributed by atoms with Crippen LogP contribution in [0, 0.1) is 0 Å². The van der Waals surface area contributed by atoms with E-state index in [1.807, 2.05) is 18.2 Å². The van der Waals surface area contributed by atoms with Crippen molar-refractivity contribution in [3.8, 4) is 73.3 Å². The molecule has 2 aromatic heterocycles. The third-order valence-corrected chi connectivity index (χ3v) is 16.3. The third kappa shape index (κ3) is 7.23. The fourth-order valence-electron chi connectivity index (χ4n) is 8.84. The van der Waals surface area contributed by atoms with Gasteiger partial charge in [0.15, 0.2) is 0 Å². The van der Waals surface area contributed by atoms with Crippen molar-refractivity contribution in [1.82, 2.24) is 19.1 Å². The molecule has 5 nitrogen and oxygen atoms in total. The van der Waals surface area contributed by atoms with Gasteiger partial charge >= 0.3 is 0 Å². The molecule has 0 spiro atoms. The third-order valence-electron chi connectivity index (χ3n) is 12.2. The maximum atomic E-state index is 11.5. The van der Waals surface area contributed by atoms with E-state index in [0.717, 1.165) is 67.1 Å². The summed E-state index contributed by atoms with van der Waals surface area (Å²) >= 11 is 0. The number of benzene rings is 8. The first kappa shape index (κ1) is 40.0. The topological polar surface area (TPSA) is 55.9 Å². The Hall–Kier alpha value is -7.07. The molecule has 7 heteroatoms. The van der Waals surface area contributed by atoms with Crippen molar-refractivity contribution in [2.24, 2.45) is 0 Å². The van der Waals surface area contributed by atoms with Crippen LogP contribution in [0.5, 0.6) is 5.75 Å². The van der Waals surface area contributed by atoms with Gasteiger partial charge in [0.1, 0.15) is 17.4 Å². The first-order chi connectivity index (χ1) is 30.5. The van der Waals surface area contributed by atoms with Crippen LogP contribution in [0.15, 0.2) is 188 Å². The van der Waals surface area contributed by atoms with Crippen molar-refractivity contribution in [3.05, 3.63) is 188 Å². The zero-order valence-electron chi connectivity index (χ0n) is 36.6. The van der Waals surface area contributed by atoms with Crippen molar-refractivity contribution in [2.75, 3.05) is 0 Å². The maximum absolute atomic E-state index is 11.5. The number of phenolic OH excluding ortho intramolecular Hbond substituents is 1. The Bertz CT molecular complexity index is 3300. The maximum Gasteiger partial charge on any atom is 0.149 e. The molecule has 8 aromatic carbocycles. The fraction of sp³-hybridized carbons (Fsp3) is 0.107. The van der Waals surface area contributed by atoms with E-state index in [2.05, 4.69) is 212 Å². The minimum Gasteiger partial charge on any atom is -0.507 e. The van der Waals surface area contributed by atoms with Crippen LogP contribution in [0.25, 0.3) is 89.6 Å². The van der Waals surface area contributed by atoms with Crippen molar-refractivity contribution >= 4 is 48.6 Å². The van der Waals surface area contributed by atoms with Crippen LogP contribution in [0.1, 0.15) is 0 Å². The van der Waals surface area contributed by atoms with E-state index in [1.165, 1.54) is 21.5 Å². The lowest BCUT2D eigenvalue weighted by Gasteiger charge is -2.21. The summed E-state index contributed by atoms with van der Waals surface area (Å²) in [4.78, 5) is 11.1. The molecule has 0 saturated carbocycles. The van der Waals surface area contributed by atoms with E-state index in [4.69, 9.17) is 9.97 Å². The van der Waals surface area contributed by atoms with Crippen molar-refractivity contribution in [3.63, 3.8) is 0 Å². The second-order valence-corrected chi connectivity index (χ2v) is 28.6. The minimum atomic E-state index is -1.68. The molecule has 0 aliphatic rings. The molecule has 0 aliphatic carbocycles. The van der Waals surface area contributed by atoms with Gasteiger partial charge in [-0.3, -0.25) is 9.13 Å². The fourth-order valence-corrected chi connectivity index (χ4v) is 11.2. The highest BCUT2D eigenvalue weighted by atomic mass is 28.3. The van der Waals surface area contributed by atoms with Crippen LogP contribution < -0.4 is 10.4 Å². The predicted octanol–water partition coefficient (Wildman–Crippen LogP) is 13.5. The quantitative estimate of drug-likeness (QED) is 0.147. The van der Waals surface area contributed by atoms with Gasteiger partial charge in [-0.1, -0.05) is 201 Å². The molecule has 0 radical (unpaired) electrons. The zero-order chi connectivity index (χ0) is 43.5. The summed E-state index contributed by atoms with van der Waals surface area (Å²) in [5, 5.41) is 14.3. The Morgan fingerprint density at radius 3 is 1.22 bits per heavy atom. The molecule has 308 valence electrons. The summed E-state index contributed by atoms with van der Waals surface area (Å²) < 4.78 is 4.59. The van der Waals surface area contributed by atoms with Crippen LogP contribution in [0.4, 0.5) is 0 Å². The van der Waals surface area contributed by atoms with E-state index in [9.17, 15) is 5.11 Å². The highest BCUT2D eigenvalue weighted by molar-refractivity contribution is 6.89. The van der Waals surface area contributed by atoms with Gasteiger partial charge in [-0.05, 0) is 47.5 Å². The Morgan fingerprint density at radius 2 is 0.762 bits per heavy atom. The number of aromatic nitrogens is 4. The molecule has 0 unspecified atom stereocenters. The number of hydrogen-bond donors (Lipinski definition) is 1. The van der Waals surface area contributed by atoms with Crippen molar-refractivity contribution in [1.29, 1.82) is 0 Å². The van der Waals surface area contributed by atoms with E-state index in [0.29, 0.717) is 11.4 Å². The highest BCUT2D eigenvalue weighted by Crippen LogP contribution is 2.43. The van der Waals surface area contributed by atoms with Gasteiger partial charge < -0.3 is 5.11 Å². The minimum absolute atomic E-state index is 0.179. The summed E-state index contributed by atoms with van der Waals surface area (Å²) in [5.41, 5.74) is 14.0. The van der Waals surface area contributed by atoms with Crippen LogP contribution in [0.2, 0.25) is 39.3 Å². The number of rotatable bonds is 9. The highest BCUT2D eigenvalue weighted by Gasteiger charge is 2.27. The zero-order valence-corrected chi connectivity index (χ0v) is 38.6. The lowest BCUT2D eigenvalue weighted by Crippen LogP contribution is -2.37. The molecule has 10 rings (SSSR count). The molecule has 0 fully saturated rings. The van der Waals surface area contributed by atoms with E-state index < -0.39 is 16.1 Å². The smallest absolute Gasteiger partial charge is 0.149 e. The summed E-state index contributed by atoms with van der Waals surface area (Å²) in [5.74, 6) is 1.73. The molecular formula is C56H50N4OSi2. The molecule has 0 saturated heterocycles. The average Bonchev–Trinajstić information content (AvgIpc) is 3.89. The molecule has 2 heterocycles. The largest absolute Gasteiger partial charge is 0.507 e. The van der Waals surface area contributed by atoms with Gasteiger partial charge in [0, 0.05) is 27.8 Å². The van der Waals surface area contributed by atoms with Crippen molar-refractivity contribution < 1.29 is 5.11 Å². The number of imidazole rings is 2. The summed E-state index contributed by atoms with van der Waals surface area (Å²) in [6, 6.07) is 66.3.